The van der Waals surface area contributed by atoms with Crippen molar-refractivity contribution in [1.29, 1.82) is 0 Å². The molecule has 1 aliphatic rings. The van der Waals surface area contributed by atoms with Crippen LogP contribution < -0.4 is 5.32 Å². The standard InChI is InChI=1S/C8H6ClNOS/c9-4-1-2-6-5(3-4)7(12)8(11)10-6/h1-3,7,12H,(H,10,11). The van der Waals surface area contributed by atoms with Gasteiger partial charge in [-0.25, -0.2) is 0 Å². The van der Waals surface area contributed by atoms with E-state index in [-0.39, 0.29) is 11.2 Å². The van der Waals surface area contributed by atoms with Gasteiger partial charge in [0, 0.05) is 10.7 Å². The summed E-state index contributed by atoms with van der Waals surface area (Å²) < 4.78 is 0. The smallest absolute Gasteiger partial charge is 0.241 e. The number of thiol groups is 1. The Morgan fingerprint density at radius 1 is 1.50 bits per heavy atom. The van der Waals surface area contributed by atoms with Crippen LogP contribution in [0.2, 0.25) is 5.02 Å². The number of carbonyl (C=O) groups is 1. The van der Waals surface area contributed by atoms with Crippen LogP contribution in [-0.4, -0.2) is 5.91 Å². The molecule has 2 nitrogen and oxygen atoms in total. The maximum absolute atomic E-state index is 11.1. The molecule has 0 bridgehead atoms. The molecule has 0 saturated carbocycles. The summed E-state index contributed by atoms with van der Waals surface area (Å²) in [6.45, 7) is 0. The molecule has 12 heavy (non-hydrogen) atoms. The molecule has 2 rings (SSSR count). The molecule has 1 aromatic rings. The molecule has 0 radical (unpaired) electrons. The van der Waals surface area contributed by atoms with Crippen LogP contribution in [0.25, 0.3) is 0 Å². The number of carbonyl (C=O) groups excluding carboxylic acids is 1. The quantitative estimate of drug-likeness (QED) is 0.617. The highest BCUT2D eigenvalue weighted by Gasteiger charge is 2.26. The molecule has 1 heterocycles. The minimum absolute atomic E-state index is 0.0874. The van der Waals surface area contributed by atoms with Gasteiger partial charge >= 0.3 is 0 Å². The third kappa shape index (κ3) is 1.09. The summed E-state index contributed by atoms with van der Waals surface area (Å²) in [6, 6.07) is 5.28. The Hall–Kier alpha value is -0.670. The normalized spacial score (nSPS) is 20.5. The first-order valence-electron chi connectivity index (χ1n) is 3.47. The van der Waals surface area contributed by atoms with Crippen LogP contribution in [0, 0.1) is 0 Å². The van der Waals surface area contributed by atoms with Gasteiger partial charge in [0.05, 0.1) is 0 Å². The molecule has 4 heteroatoms. The number of hydrogen-bond donors (Lipinski definition) is 2. The van der Waals surface area contributed by atoms with Crippen molar-refractivity contribution in [3.05, 3.63) is 28.8 Å². The van der Waals surface area contributed by atoms with Crippen LogP contribution >= 0.6 is 24.2 Å². The van der Waals surface area contributed by atoms with Crippen LogP contribution in [0.1, 0.15) is 10.8 Å². The van der Waals surface area contributed by atoms with Crippen LogP contribution in [-0.2, 0) is 4.79 Å². The number of benzene rings is 1. The van der Waals surface area contributed by atoms with Crippen molar-refractivity contribution in [3.63, 3.8) is 0 Å². The molecule has 0 fully saturated rings. The molecular weight excluding hydrogens is 194 g/mol. The summed E-state index contributed by atoms with van der Waals surface area (Å²) in [5.74, 6) is -0.0874. The molecule has 0 aromatic heterocycles. The summed E-state index contributed by atoms with van der Waals surface area (Å²) in [5.41, 5.74) is 1.67. The molecule has 1 aromatic carbocycles. The molecule has 1 unspecified atom stereocenters. The monoisotopic (exact) mass is 199 g/mol. The van der Waals surface area contributed by atoms with E-state index >= 15 is 0 Å². The molecule has 1 N–H and O–H groups in total. The first-order chi connectivity index (χ1) is 5.68. The van der Waals surface area contributed by atoms with Crippen molar-refractivity contribution in [2.45, 2.75) is 5.25 Å². The highest BCUT2D eigenvalue weighted by Crippen LogP contribution is 2.36. The minimum atomic E-state index is -0.376. The van der Waals surface area contributed by atoms with Gasteiger partial charge in [0.15, 0.2) is 0 Å². The van der Waals surface area contributed by atoms with E-state index in [1.54, 1.807) is 18.2 Å². The Bertz CT molecular complexity index is 353. The van der Waals surface area contributed by atoms with Crippen LogP contribution in [0.15, 0.2) is 18.2 Å². The number of hydrogen-bond acceptors (Lipinski definition) is 2. The lowest BCUT2D eigenvalue weighted by Gasteiger charge is -1.99. The van der Waals surface area contributed by atoms with Gasteiger partial charge in [0.25, 0.3) is 0 Å². The highest BCUT2D eigenvalue weighted by molar-refractivity contribution is 7.81. The van der Waals surface area contributed by atoms with E-state index in [1.807, 2.05) is 0 Å². The number of anilines is 1. The average molecular weight is 200 g/mol. The van der Waals surface area contributed by atoms with Crippen molar-refractivity contribution in [3.8, 4) is 0 Å². The average Bonchev–Trinajstić information content (AvgIpc) is 2.31. The van der Waals surface area contributed by atoms with Gasteiger partial charge in [-0.05, 0) is 23.8 Å². The van der Waals surface area contributed by atoms with Gasteiger partial charge in [-0.2, -0.15) is 12.6 Å². The van der Waals surface area contributed by atoms with Crippen molar-refractivity contribution in [2.24, 2.45) is 0 Å². The lowest BCUT2D eigenvalue weighted by Crippen LogP contribution is -2.06. The SMILES string of the molecule is O=C1Nc2ccc(Cl)cc2C1S. The van der Waals surface area contributed by atoms with Gasteiger partial charge in [-0.3, -0.25) is 4.79 Å². The van der Waals surface area contributed by atoms with Crippen LogP contribution in [0.4, 0.5) is 5.69 Å². The second-order valence-electron chi connectivity index (χ2n) is 2.62. The minimum Gasteiger partial charge on any atom is -0.325 e. The van der Waals surface area contributed by atoms with Crippen LogP contribution in [0.5, 0.6) is 0 Å². The molecule has 1 atom stereocenters. The van der Waals surface area contributed by atoms with Gasteiger partial charge in [0.2, 0.25) is 5.91 Å². The fourth-order valence-electron chi connectivity index (χ4n) is 1.22. The van der Waals surface area contributed by atoms with E-state index in [1.165, 1.54) is 0 Å². The number of rotatable bonds is 0. The third-order valence-corrected chi connectivity index (χ3v) is 2.56. The van der Waals surface area contributed by atoms with Crippen molar-refractivity contribution in [2.75, 3.05) is 5.32 Å². The molecule has 1 amide bonds. The molecule has 0 spiro atoms. The second-order valence-corrected chi connectivity index (χ2v) is 3.58. The molecular formula is C8H6ClNOS. The number of amides is 1. The molecule has 1 aliphatic heterocycles. The van der Waals surface area contributed by atoms with Gasteiger partial charge < -0.3 is 5.32 Å². The number of nitrogens with one attached hydrogen (secondary N) is 1. The van der Waals surface area contributed by atoms with E-state index in [9.17, 15) is 4.79 Å². The van der Waals surface area contributed by atoms with E-state index in [0.29, 0.717) is 5.02 Å². The summed E-state index contributed by atoms with van der Waals surface area (Å²) in [7, 11) is 0. The zero-order chi connectivity index (χ0) is 8.72. The first kappa shape index (κ1) is 7.95. The predicted molar refractivity (Wildman–Crippen MR) is 51.8 cm³/mol. The fraction of sp³-hybridized carbons (Fsp3) is 0.125. The van der Waals surface area contributed by atoms with Gasteiger partial charge in [-0.15, -0.1) is 0 Å². The second kappa shape index (κ2) is 2.68. The maximum atomic E-state index is 11.1. The zero-order valence-corrected chi connectivity index (χ0v) is 7.69. The Morgan fingerprint density at radius 3 is 3.00 bits per heavy atom. The topological polar surface area (TPSA) is 29.1 Å². The molecule has 0 aliphatic carbocycles. The maximum Gasteiger partial charge on any atom is 0.241 e. The summed E-state index contributed by atoms with van der Waals surface area (Å²) >= 11 is 9.91. The lowest BCUT2D eigenvalue weighted by atomic mass is 10.1. The predicted octanol–water partition coefficient (Wildman–Crippen LogP) is 2.26. The Morgan fingerprint density at radius 2 is 2.25 bits per heavy atom. The largest absolute Gasteiger partial charge is 0.325 e. The van der Waals surface area contributed by atoms with Crippen molar-refractivity contribution < 1.29 is 4.79 Å². The molecule has 0 saturated heterocycles. The summed E-state index contributed by atoms with van der Waals surface area (Å²) in [5, 5.41) is 2.95. The zero-order valence-electron chi connectivity index (χ0n) is 6.04. The van der Waals surface area contributed by atoms with Crippen LogP contribution in [0.3, 0.4) is 0 Å². The Balaban J connectivity index is 2.55. The van der Waals surface area contributed by atoms with E-state index in [2.05, 4.69) is 17.9 Å². The molecule has 62 valence electrons. The fourth-order valence-corrected chi connectivity index (χ4v) is 1.67. The van der Waals surface area contributed by atoms with E-state index in [0.717, 1.165) is 11.3 Å². The first-order valence-corrected chi connectivity index (χ1v) is 4.36. The van der Waals surface area contributed by atoms with E-state index in [4.69, 9.17) is 11.6 Å². The van der Waals surface area contributed by atoms with Gasteiger partial charge in [0.1, 0.15) is 5.25 Å². The summed E-state index contributed by atoms with van der Waals surface area (Å²) in [6.07, 6.45) is 0. The van der Waals surface area contributed by atoms with Crippen molar-refractivity contribution in [1.82, 2.24) is 0 Å². The van der Waals surface area contributed by atoms with Crippen molar-refractivity contribution >= 4 is 35.8 Å². The Kier molecular flexibility index (Phi) is 1.77. The third-order valence-electron chi connectivity index (χ3n) is 1.81. The number of fused-ring (bicyclic) bond motifs is 1. The lowest BCUT2D eigenvalue weighted by molar-refractivity contribution is -0.115. The summed E-state index contributed by atoms with van der Waals surface area (Å²) in [4.78, 5) is 11.1. The number of halogens is 1. The van der Waals surface area contributed by atoms with E-state index < -0.39 is 0 Å². The van der Waals surface area contributed by atoms with Gasteiger partial charge in [-0.1, -0.05) is 11.6 Å². The Labute approximate surface area is 80.3 Å². The highest BCUT2D eigenvalue weighted by atomic mass is 35.5.